The van der Waals surface area contributed by atoms with Crippen LogP contribution in [0, 0.1) is 5.82 Å². The zero-order chi connectivity index (χ0) is 18.0. The summed E-state index contributed by atoms with van der Waals surface area (Å²) in [7, 11) is 0. The van der Waals surface area contributed by atoms with E-state index in [2.05, 4.69) is 0 Å². The van der Waals surface area contributed by atoms with Crippen LogP contribution in [0.3, 0.4) is 0 Å². The Kier molecular flexibility index (Phi) is 5.16. The molecule has 0 aromatic heterocycles. The first-order chi connectivity index (χ1) is 11.1. The van der Waals surface area contributed by atoms with Crippen LogP contribution < -0.4 is 0 Å². The van der Waals surface area contributed by atoms with Crippen LogP contribution in [0.15, 0.2) is 24.3 Å². The second-order valence-corrected chi connectivity index (χ2v) is 7.33. The van der Waals surface area contributed by atoms with Gasteiger partial charge in [0.05, 0.1) is 6.42 Å². The molecule has 1 aliphatic heterocycles. The number of carbonyl (C=O) groups excluding carboxylic acids is 1. The van der Waals surface area contributed by atoms with E-state index in [1.54, 1.807) is 17.0 Å². The minimum Gasteiger partial charge on any atom is -0.481 e. The number of carbonyl (C=O) groups is 2. The van der Waals surface area contributed by atoms with Crippen LogP contribution in [0.25, 0.3) is 0 Å². The molecule has 1 fully saturated rings. The second-order valence-electron chi connectivity index (χ2n) is 7.33. The summed E-state index contributed by atoms with van der Waals surface area (Å²) < 4.78 is 18.5. The summed E-state index contributed by atoms with van der Waals surface area (Å²) in [6.45, 7) is 6.26. The maximum atomic E-state index is 13.2. The lowest BCUT2D eigenvalue weighted by molar-refractivity contribution is -0.139. The number of amides is 1. The molecule has 0 bridgehead atoms. The van der Waals surface area contributed by atoms with Crippen molar-refractivity contribution in [2.24, 2.45) is 0 Å². The van der Waals surface area contributed by atoms with Crippen LogP contribution in [0.4, 0.5) is 9.18 Å². The molecule has 5 nitrogen and oxygen atoms in total. The van der Waals surface area contributed by atoms with Gasteiger partial charge in [-0.3, -0.25) is 4.79 Å². The molecule has 1 aromatic carbocycles. The molecule has 1 N–H and O–H groups in total. The van der Waals surface area contributed by atoms with Crippen molar-refractivity contribution in [2.45, 2.75) is 51.0 Å². The number of piperidine rings is 1. The molecule has 1 amide bonds. The monoisotopic (exact) mass is 337 g/mol. The van der Waals surface area contributed by atoms with E-state index in [0.29, 0.717) is 25.9 Å². The molecule has 2 rings (SSSR count). The Morgan fingerprint density at radius 1 is 1.21 bits per heavy atom. The van der Waals surface area contributed by atoms with Crippen LogP contribution in [0.5, 0.6) is 0 Å². The predicted octanol–water partition coefficient (Wildman–Crippen LogP) is 3.57. The zero-order valence-corrected chi connectivity index (χ0v) is 14.3. The molecule has 1 aliphatic rings. The molecule has 132 valence electrons. The highest BCUT2D eigenvalue weighted by molar-refractivity contribution is 5.70. The summed E-state index contributed by atoms with van der Waals surface area (Å²) in [6.07, 6.45) is 0.584. The van der Waals surface area contributed by atoms with Gasteiger partial charge in [0, 0.05) is 18.5 Å². The van der Waals surface area contributed by atoms with Crippen molar-refractivity contribution in [3.8, 4) is 0 Å². The third-order valence-corrected chi connectivity index (χ3v) is 4.32. The molecule has 0 spiro atoms. The minimum absolute atomic E-state index is 0.0409. The van der Waals surface area contributed by atoms with Gasteiger partial charge in [0.2, 0.25) is 0 Å². The van der Waals surface area contributed by atoms with Crippen molar-refractivity contribution in [1.29, 1.82) is 0 Å². The van der Waals surface area contributed by atoms with E-state index in [4.69, 9.17) is 4.74 Å². The lowest BCUT2D eigenvalue weighted by Gasteiger charge is -2.41. The number of hydrogen-bond acceptors (Lipinski definition) is 3. The Labute approximate surface area is 141 Å². The van der Waals surface area contributed by atoms with Gasteiger partial charge in [0.25, 0.3) is 0 Å². The van der Waals surface area contributed by atoms with E-state index in [9.17, 15) is 19.1 Å². The van der Waals surface area contributed by atoms with Crippen molar-refractivity contribution in [3.05, 3.63) is 35.6 Å². The van der Waals surface area contributed by atoms with Crippen molar-refractivity contribution in [1.82, 2.24) is 4.90 Å². The first-order valence-electron chi connectivity index (χ1n) is 8.07. The lowest BCUT2D eigenvalue weighted by Crippen LogP contribution is -2.47. The predicted molar refractivity (Wildman–Crippen MR) is 87.4 cm³/mol. The van der Waals surface area contributed by atoms with Crippen molar-refractivity contribution >= 4 is 12.1 Å². The molecule has 24 heavy (non-hydrogen) atoms. The molecule has 0 saturated carbocycles. The molecule has 1 saturated heterocycles. The number of hydrogen-bond donors (Lipinski definition) is 1. The van der Waals surface area contributed by atoms with Crippen molar-refractivity contribution in [3.63, 3.8) is 0 Å². The smallest absolute Gasteiger partial charge is 0.410 e. The third-order valence-electron chi connectivity index (χ3n) is 4.32. The van der Waals surface area contributed by atoms with Gasteiger partial charge in [0.1, 0.15) is 11.4 Å². The number of carboxylic acids is 1. The van der Waals surface area contributed by atoms with Gasteiger partial charge >= 0.3 is 12.1 Å². The summed E-state index contributed by atoms with van der Waals surface area (Å²) >= 11 is 0. The number of rotatable bonds is 3. The SMILES string of the molecule is CC(C)(C)OC(=O)N1CCC(CC(=O)O)(c2ccc(F)cc2)CC1. The third kappa shape index (κ3) is 4.46. The minimum atomic E-state index is -0.898. The van der Waals surface area contributed by atoms with Crippen LogP contribution in [0.2, 0.25) is 0 Å². The van der Waals surface area contributed by atoms with Crippen molar-refractivity contribution < 1.29 is 23.8 Å². The molecule has 1 heterocycles. The molecular weight excluding hydrogens is 313 g/mol. The Morgan fingerprint density at radius 2 is 1.75 bits per heavy atom. The Balaban J connectivity index is 2.14. The normalized spacial score (nSPS) is 17.4. The second kappa shape index (κ2) is 6.79. The molecule has 0 unspecified atom stereocenters. The highest BCUT2D eigenvalue weighted by atomic mass is 19.1. The number of aliphatic carboxylic acids is 1. The topological polar surface area (TPSA) is 66.8 Å². The maximum Gasteiger partial charge on any atom is 0.410 e. The van der Waals surface area contributed by atoms with Gasteiger partial charge < -0.3 is 14.7 Å². The average molecular weight is 337 g/mol. The van der Waals surface area contributed by atoms with E-state index in [-0.39, 0.29) is 18.3 Å². The fourth-order valence-electron chi connectivity index (χ4n) is 3.10. The first kappa shape index (κ1) is 18.2. The lowest BCUT2D eigenvalue weighted by atomic mass is 9.70. The summed E-state index contributed by atoms with van der Waals surface area (Å²) in [5, 5.41) is 9.30. The van der Waals surface area contributed by atoms with Crippen LogP contribution >= 0.6 is 0 Å². The molecular formula is C18H24FNO4. The van der Waals surface area contributed by atoms with Crippen LogP contribution in [0.1, 0.15) is 45.6 Å². The quantitative estimate of drug-likeness (QED) is 0.915. The Hall–Kier alpha value is -2.11. The van der Waals surface area contributed by atoms with E-state index in [0.717, 1.165) is 5.56 Å². The zero-order valence-electron chi connectivity index (χ0n) is 14.3. The van der Waals surface area contributed by atoms with Gasteiger partial charge in [-0.2, -0.15) is 0 Å². The van der Waals surface area contributed by atoms with E-state index in [1.165, 1.54) is 12.1 Å². The summed E-state index contributed by atoms with van der Waals surface area (Å²) in [5.41, 5.74) is -0.350. The first-order valence-corrected chi connectivity index (χ1v) is 8.07. The highest BCUT2D eigenvalue weighted by Gasteiger charge is 2.40. The Bertz CT molecular complexity index is 598. The number of nitrogens with zero attached hydrogens (tertiary/aromatic N) is 1. The summed E-state index contributed by atoms with van der Waals surface area (Å²) in [4.78, 5) is 25.1. The largest absolute Gasteiger partial charge is 0.481 e. The van der Waals surface area contributed by atoms with Crippen LogP contribution in [-0.2, 0) is 14.9 Å². The number of carboxylic acid groups (broad SMARTS) is 1. The number of likely N-dealkylation sites (tertiary alicyclic amines) is 1. The van der Waals surface area contributed by atoms with Crippen LogP contribution in [-0.4, -0.2) is 40.8 Å². The van der Waals surface area contributed by atoms with Crippen molar-refractivity contribution in [2.75, 3.05) is 13.1 Å². The molecule has 1 aromatic rings. The molecule has 0 atom stereocenters. The highest BCUT2D eigenvalue weighted by Crippen LogP contribution is 2.39. The summed E-state index contributed by atoms with van der Waals surface area (Å²) in [5.74, 6) is -1.25. The van der Waals surface area contributed by atoms with Gasteiger partial charge in [-0.25, -0.2) is 9.18 Å². The summed E-state index contributed by atoms with van der Waals surface area (Å²) in [6, 6.07) is 5.97. The van der Waals surface area contributed by atoms with E-state index < -0.39 is 17.0 Å². The number of ether oxygens (including phenoxy) is 1. The fourth-order valence-corrected chi connectivity index (χ4v) is 3.10. The number of halogens is 1. The molecule has 0 aliphatic carbocycles. The average Bonchev–Trinajstić information content (AvgIpc) is 2.46. The van der Waals surface area contributed by atoms with Gasteiger partial charge in [-0.05, 0) is 51.3 Å². The van der Waals surface area contributed by atoms with Gasteiger partial charge in [0.15, 0.2) is 0 Å². The van der Waals surface area contributed by atoms with E-state index >= 15 is 0 Å². The fraction of sp³-hybridized carbons (Fsp3) is 0.556. The Morgan fingerprint density at radius 3 is 2.21 bits per heavy atom. The van der Waals surface area contributed by atoms with E-state index in [1.807, 2.05) is 20.8 Å². The molecule has 0 radical (unpaired) electrons. The number of benzene rings is 1. The van der Waals surface area contributed by atoms with Gasteiger partial charge in [-0.15, -0.1) is 0 Å². The molecule has 6 heteroatoms. The maximum absolute atomic E-state index is 13.2. The van der Waals surface area contributed by atoms with Gasteiger partial charge in [-0.1, -0.05) is 12.1 Å². The standard InChI is InChI=1S/C18H24FNO4/c1-17(2,3)24-16(23)20-10-8-18(9-11-20,12-15(21)22)13-4-6-14(19)7-5-13/h4-7H,8-12H2,1-3H3,(H,21,22).